The van der Waals surface area contributed by atoms with Crippen molar-refractivity contribution in [1.29, 1.82) is 0 Å². The molecule has 2 atom stereocenters. The third kappa shape index (κ3) is 3.93. The first kappa shape index (κ1) is 18.2. The van der Waals surface area contributed by atoms with Gasteiger partial charge in [0, 0.05) is 32.7 Å². The summed E-state index contributed by atoms with van der Waals surface area (Å²) in [5, 5.41) is 6.75. The number of hydrogen-bond acceptors (Lipinski definition) is 1. The van der Waals surface area contributed by atoms with Crippen LogP contribution in [0.1, 0.15) is 19.8 Å². The van der Waals surface area contributed by atoms with Gasteiger partial charge >= 0.3 is 0 Å². The van der Waals surface area contributed by atoms with Crippen molar-refractivity contribution in [1.82, 2.24) is 0 Å². The molecule has 0 aromatic rings. The van der Waals surface area contributed by atoms with Crippen molar-refractivity contribution in [2.24, 2.45) is 5.92 Å². The van der Waals surface area contributed by atoms with Crippen LogP contribution in [0.4, 0.5) is 17.6 Å². The molecule has 0 amide bonds. The Morgan fingerprint density at radius 3 is 2.13 bits per heavy atom. The van der Waals surface area contributed by atoms with Crippen molar-refractivity contribution >= 4 is 0 Å². The van der Waals surface area contributed by atoms with Gasteiger partial charge in [0.1, 0.15) is 5.92 Å². The molecular weight excluding hydrogens is 289 g/mol. The molecule has 1 N–H and O–H groups in total. The fourth-order valence-corrected chi connectivity index (χ4v) is 1.57. The van der Waals surface area contributed by atoms with E-state index in [1.165, 1.54) is 6.92 Å². The molecule has 1 radical (unpaired) electrons. The Balaban J connectivity index is 0. The Morgan fingerprint density at radius 1 is 1.40 bits per heavy atom. The van der Waals surface area contributed by atoms with Crippen LogP contribution in [0.15, 0.2) is 0 Å². The predicted molar refractivity (Wildman–Crippen MR) is 44.8 cm³/mol. The Labute approximate surface area is 112 Å². The fraction of sp³-hybridized carbons (Fsp3) is 0.778. The standard InChI is InChI=1S/C8H11F4.CH3O.Y/c1-2-7(10)3-4-8(11,12)6(7)5-9;1-2;/h4,6H,2-3,5H2,1H3;2H,1H2;/q2*-1;. The van der Waals surface area contributed by atoms with Crippen molar-refractivity contribution in [3.05, 3.63) is 13.5 Å². The number of aliphatic hydroxyl groups is 1. The van der Waals surface area contributed by atoms with Crippen molar-refractivity contribution in [2.45, 2.75) is 31.4 Å². The maximum absolute atomic E-state index is 13.5. The Morgan fingerprint density at radius 2 is 1.87 bits per heavy atom. The molecule has 1 rings (SSSR count). The summed E-state index contributed by atoms with van der Waals surface area (Å²) < 4.78 is 51.1. The molecule has 1 aliphatic carbocycles. The van der Waals surface area contributed by atoms with Crippen LogP contribution in [0, 0.1) is 19.4 Å². The zero-order chi connectivity index (χ0) is 11.4. The molecule has 0 aliphatic heterocycles. The van der Waals surface area contributed by atoms with Crippen LogP contribution in [0.3, 0.4) is 0 Å². The molecule has 0 saturated heterocycles. The smallest absolute Gasteiger partial charge is 0.140 e. The van der Waals surface area contributed by atoms with Crippen LogP contribution >= 0.6 is 0 Å². The Hall–Kier alpha value is 0.784. The summed E-state index contributed by atoms with van der Waals surface area (Å²) in [6, 6.07) is 0. The van der Waals surface area contributed by atoms with Crippen LogP contribution in [-0.4, -0.2) is 23.4 Å². The van der Waals surface area contributed by atoms with Crippen LogP contribution in [0.5, 0.6) is 0 Å². The summed E-state index contributed by atoms with van der Waals surface area (Å²) >= 11 is 0. The average molecular weight is 303 g/mol. The van der Waals surface area contributed by atoms with Crippen LogP contribution in [0.25, 0.3) is 0 Å². The van der Waals surface area contributed by atoms with Crippen molar-refractivity contribution in [3.8, 4) is 0 Å². The van der Waals surface area contributed by atoms with E-state index in [0.29, 0.717) is 6.42 Å². The molecule has 1 fully saturated rings. The third-order valence-corrected chi connectivity index (χ3v) is 2.54. The van der Waals surface area contributed by atoms with Crippen LogP contribution < -0.4 is 0 Å². The SMILES string of the molecule is CCC1(F)C[CH-]C(F)(F)C1CF.[CH2-]O.[Y]. The molecule has 2 unspecified atom stereocenters. The number of rotatable bonds is 2. The molecule has 0 bridgehead atoms. The van der Waals surface area contributed by atoms with Gasteiger partial charge in [0.2, 0.25) is 0 Å². The van der Waals surface area contributed by atoms with Crippen molar-refractivity contribution in [3.63, 3.8) is 0 Å². The topological polar surface area (TPSA) is 20.2 Å². The van der Waals surface area contributed by atoms with Gasteiger partial charge in [0.05, 0.1) is 18.3 Å². The molecular formula is C9H14F4OY-2. The van der Waals surface area contributed by atoms with Gasteiger partial charge in [-0.15, -0.1) is 6.42 Å². The molecule has 1 nitrogen and oxygen atoms in total. The third-order valence-electron chi connectivity index (χ3n) is 2.54. The maximum Gasteiger partial charge on any atom is 0.140 e. The minimum Gasteiger partial charge on any atom is -0.569 e. The molecule has 0 spiro atoms. The monoisotopic (exact) mass is 303 g/mol. The van der Waals surface area contributed by atoms with E-state index in [-0.39, 0.29) is 45.6 Å². The second-order valence-corrected chi connectivity index (χ2v) is 3.18. The van der Waals surface area contributed by atoms with E-state index in [1.807, 2.05) is 0 Å². The summed E-state index contributed by atoms with van der Waals surface area (Å²) in [6.07, 6.45) is 0.180. The average Bonchev–Trinajstić information content (AvgIpc) is 2.41. The minimum absolute atomic E-state index is 0. The van der Waals surface area contributed by atoms with E-state index in [9.17, 15) is 17.6 Å². The van der Waals surface area contributed by atoms with Gasteiger partial charge in [-0.1, -0.05) is 6.92 Å². The van der Waals surface area contributed by atoms with Crippen molar-refractivity contribution in [2.75, 3.05) is 6.67 Å². The summed E-state index contributed by atoms with van der Waals surface area (Å²) in [6.45, 7) is 0.158. The Bertz CT molecular complexity index is 179. The summed E-state index contributed by atoms with van der Waals surface area (Å²) in [4.78, 5) is 0. The minimum atomic E-state index is -3.28. The summed E-state index contributed by atoms with van der Waals surface area (Å²) in [5.74, 6) is -5.06. The first-order valence-electron chi connectivity index (χ1n) is 4.25. The van der Waals surface area contributed by atoms with E-state index in [0.717, 1.165) is 0 Å². The molecule has 89 valence electrons. The quantitative estimate of drug-likeness (QED) is 0.614. The van der Waals surface area contributed by atoms with Crippen LogP contribution in [0.2, 0.25) is 0 Å². The zero-order valence-corrected chi connectivity index (χ0v) is 11.4. The molecule has 15 heavy (non-hydrogen) atoms. The van der Waals surface area contributed by atoms with Gasteiger partial charge in [-0.05, 0) is 6.42 Å². The van der Waals surface area contributed by atoms with Gasteiger partial charge in [-0.2, -0.15) is 0 Å². The van der Waals surface area contributed by atoms with E-state index < -0.39 is 24.2 Å². The maximum atomic E-state index is 13.5. The second-order valence-electron chi connectivity index (χ2n) is 3.18. The van der Waals surface area contributed by atoms with Gasteiger partial charge in [0.15, 0.2) is 0 Å². The first-order valence-corrected chi connectivity index (χ1v) is 4.25. The summed E-state index contributed by atoms with van der Waals surface area (Å²) in [5.41, 5.74) is -2.04. The predicted octanol–water partition coefficient (Wildman–Crippen LogP) is 3.08. The zero-order valence-electron chi connectivity index (χ0n) is 8.52. The van der Waals surface area contributed by atoms with Gasteiger partial charge in [-0.25, -0.2) is 20.3 Å². The molecule has 1 aliphatic rings. The number of alkyl halides is 4. The number of aliphatic hydroxyl groups excluding tert-OH is 1. The fourth-order valence-electron chi connectivity index (χ4n) is 1.57. The molecule has 6 heteroatoms. The van der Waals surface area contributed by atoms with Gasteiger partial charge in [-0.3, -0.25) is 10.8 Å². The van der Waals surface area contributed by atoms with Crippen LogP contribution in [-0.2, 0) is 32.7 Å². The van der Waals surface area contributed by atoms with Crippen molar-refractivity contribution < 1.29 is 55.4 Å². The number of halogens is 4. The van der Waals surface area contributed by atoms with Gasteiger partial charge < -0.3 is 5.11 Å². The van der Waals surface area contributed by atoms with E-state index in [2.05, 4.69) is 7.11 Å². The Kier molecular flexibility index (Phi) is 8.69. The molecule has 0 aromatic heterocycles. The van der Waals surface area contributed by atoms with E-state index >= 15 is 0 Å². The molecule has 0 aromatic carbocycles. The second kappa shape index (κ2) is 7.18. The van der Waals surface area contributed by atoms with Gasteiger partial charge in [0.25, 0.3) is 0 Å². The summed E-state index contributed by atoms with van der Waals surface area (Å²) in [7, 11) is 2.25. The first-order chi connectivity index (χ1) is 6.46. The largest absolute Gasteiger partial charge is 0.569 e. The van der Waals surface area contributed by atoms with E-state index in [4.69, 9.17) is 5.11 Å². The molecule has 0 heterocycles. The molecule has 1 saturated carbocycles. The van der Waals surface area contributed by atoms with E-state index in [1.54, 1.807) is 0 Å². The normalized spacial score (nSPS) is 32.6. The number of hydrogen-bond donors (Lipinski definition) is 1.